The van der Waals surface area contributed by atoms with Crippen molar-refractivity contribution < 1.29 is 62.9 Å². The lowest BCUT2D eigenvalue weighted by Crippen LogP contribution is -2.61. The normalized spacial score (nSPS) is 30.1. The number of allylic oxidation sites excluding steroid dienone is 2. The molecule has 2 fully saturated rings. The Balaban J connectivity index is 1.90. The Bertz CT molecular complexity index is 863. The highest BCUT2D eigenvalue weighted by Crippen LogP contribution is 2.28. The zero-order chi connectivity index (χ0) is 31.8. The maximum atomic E-state index is 12.1. The molecule has 0 spiro atoms. The summed E-state index contributed by atoms with van der Waals surface area (Å²) in [7, 11) is 0. The molecule has 13 nitrogen and oxygen atoms in total. The quantitative estimate of drug-likeness (QED) is 0.0881. The average Bonchev–Trinajstić information content (AvgIpc) is 2.93. The topological polar surface area (TPSA) is 177 Å². The van der Waals surface area contributed by atoms with Crippen LogP contribution in [-0.4, -0.2) is 108 Å². The molecule has 0 saturated carbocycles. The number of hydrogen-bond donors (Lipinski definition) is 3. The predicted molar refractivity (Wildman–Crippen MR) is 151 cm³/mol. The van der Waals surface area contributed by atoms with Crippen LogP contribution >= 0.6 is 0 Å². The van der Waals surface area contributed by atoms with E-state index in [1.165, 1.54) is 46.0 Å². The van der Waals surface area contributed by atoms with Crippen molar-refractivity contribution in [2.24, 2.45) is 0 Å². The van der Waals surface area contributed by atoms with E-state index in [4.69, 9.17) is 33.2 Å². The Hall–Kier alpha value is -2.13. The predicted octanol–water partition coefficient (Wildman–Crippen LogP) is 2.07. The second-order valence-corrected chi connectivity index (χ2v) is 11.0. The molecule has 248 valence electrons. The Kier molecular flexibility index (Phi) is 17.2. The molecule has 2 aliphatic rings. The minimum absolute atomic E-state index is 0.181. The van der Waals surface area contributed by atoms with Crippen molar-refractivity contribution in [3.8, 4) is 0 Å². The Morgan fingerprint density at radius 3 is 2.07 bits per heavy atom. The average molecular weight is 619 g/mol. The third-order valence-electron chi connectivity index (χ3n) is 6.91. The van der Waals surface area contributed by atoms with Crippen LogP contribution in [0.5, 0.6) is 0 Å². The standard InChI is InChI=1S/C30H50O13/c1-5-6-7-8-9-10-11-12-13-14-15-37-30-28(41-21(4)33)25(35)22(17-39-30)43-29-26(36)27(40-20(3)32)23(18-38-29)42-24(34)16-19(2)31/h11-12,19,22-23,25-31,35-36H,5-10,13-18H2,1-4H3/b12-11-/t19?,22-,23-,25-,26+,27-,28+,29+,30-/m0/s1. The molecule has 3 N–H and O–H groups in total. The Morgan fingerprint density at radius 2 is 1.42 bits per heavy atom. The van der Waals surface area contributed by atoms with Gasteiger partial charge in [0.05, 0.1) is 32.3 Å². The van der Waals surface area contributed by atoms with Gasteiger partial charge in [-0.3, -0.25) is 14.4 Å². The molecule has 43 heavy (non-hydrogen) atoms. The lowest BCUT2D eigenvalue weighted by Gasteiger charge is -2.43. The highest BCUT2D eigenvalue weighted by Gasteiger charge is 2.49. The number of esters is 3. The molecule has 0 aromatic heterocycles. The molecule has 9 atom stereocenters. The monoisotopic (exact) mass is 618 g/mol. The van der Waals surface area contributed by atoms with E-state index < -0.39 is 73.2 Å². The SMILES string of the molecule is CCCCCCC/C=C\CCCO[C@H]1OC[C@H](O[C@H]2OC[C@H](OC(=O)CC(C)O)[C@H](OC(C)=O)[C@H]2O)[C@H](O)[C@H]1OC(C)=O. The van der Waals surface area contributed by atoms with Gasteiger partial charge in [0.2, 0.25) is 0 Å². The van der Waals surface area contributed by atoms with Gasteiger partial charge in [-0.2, -0.15) is 0 Å². The molecule has 0 aliphatic carbocycles. The van der Waals surface area contributed by atoms with E-state index in [0.29, 0.717) is 13.0 Å². The molecule has 1 unspecified atom stereocenters. The number of hydrogen-bond acceptors (Lipinski definition) is 13. The van der Waals surface area contributed by atoms with Crippen molar-refractivity contribution in [2.75, 3.05) is 19.8 Å². The van der Waals surface area contributed by atoms with Crippen LogP contribution < -0.4 is 0 Å². The van der Waals surface area contributed by atoms with Gasteiger partial charge < -0.3 is 48.5 Å². The van der Waals surface area contributed by atoms with Crippen LogP contribution in [0.2, 0.25) is 0 Å². The first-order valence-corrected chi connectivity index (χ1v) is 15.3. The smallest absolute Gasteiger partial charge is 0.308 e. The van der Waals surface area contributed by atoms with Crippen molar-refractivity contribution in [2.45, 2.75) is 141 Å². The molecule has 2 heterocycles. The third kappa shape index (κ3) is 13.6. The summed E-state index contributed by atoms with van der Waals surface area (Å²) in [6.07, 6.45) is 1.50. The first-order chi connectivity index (χ1) is 20.5. The van der Waals surface area contributed by atoms with E-state index in [2.05, 4.69) is 19.1 Å². The van der Waals surface area contributed by atoms with E-state index in [-0.39, 0.29) is 19.6 Å². The second-order valence-electron chi connectivity index (χ2n) is 11.0. The molecule has 0 amide bonds. The fraction of sp³-hybridized carbons (Fsp3) is 0.833. The summed E-state index contributed by atoms with van der Waals surface area (Å²) in [6, 6.07) is 0. The fourth-order valence-corrected chi connectivity index (χ4v) is 4.78. The zero-order valence-electron chi connectivity index (χ0n) is 25.8. The van der Waals surface area contributed by atoms with E-state index in [9.17, 15) is 29.7 Å². The van der Waals surface area contributed by atoms with Crippen LogP contribution in [0.1, 0.15) is 85.5 Å². The van der Waals surface area contributed by atoms with Crippen LogP contribution in [0.3, 0.4) is 0 Å². The lowest BCUT2D eigenvalue weighted by molar-refractivity contribution is -0.330. The van der Waals surface area contributed by atoms with Crippen molar-refractivity contribution >= 4 is 17.9 Å². The van der Waals surface area contributed by atoms with Crippen molar-refractivity contribution in [1.82, 2.24) is 0 Å². The molecule has 0 bridgehead atoms. The zero-order valence-corrected chi connectivity index (χ0v) is 25.8. The second kappa shape index (κ2) is 20.0. The molecule has 0 radical (unpaired) electrons. The van der Waals surface area contributed by atoms with Gasteiger partial charge in [-0.1, -0.05) is 44.8 Å². The van der Waals surface area contributed by atoms with Crippen molar-refractivity contribution in [3.63, 3.8) is 0 Å². The summed E-state index contributed by atoms with van der Waals surface area (Å²) in [5.74, 6) is -2.17. The Morgan fingerprint density at radius 1 is 0.814 bits per heavy atom. The molecule has 2 saturated heterocycles. The van der Waals surface area contributed by atoms with Gasteiger partial charge in [0, 0.05) is 13.8 Å². The minimum Gasteiger partial charge on any atom is -0.456 e. The van der Waals surface area contributed by atoms with Gasteiger partial charge in [0.15, 0.2) is 30.9 Å². The molecular formula is C30H50O13. The first-order valence-electron chi connectivity index (χ1n) is 15.3. The number of aliphatic hydroxyl groups is 3. The Labute approximate surface area is 253 Å². The van der Waals surface area contributed by atoms with Crippen LogP contribution in [0.15, 0.2) is 12.2 Å². The summed E-state index contributed by atoms with van der Waals surface area (Å²) >= 11 is 0. The van der Waals surface area contributed by atoms with Gasteiger partial charge in [0.1, 0.15) is 18.3 Å². The van der Waals surface area contributed by atoms with E-state index in [0.717, 1.165) is 19.8 Å². The highest BCUT2D eigenvalue weighted by molar-refractivity contribution is 5.70. The summed E-state index contributed by atoms with van der Waals surface area (Å²) in [4.78, 5) is 35.5. The van der Waals surface area contributed by atoms with Crippen LogP contribution in [0, 0.1) is 0 Å². The highest BCUT2D eigenvalue weighted by atomic mass is 16.7. The molecule has 2 rings (SSSR count). The van der Waals surface area contributed by atoms with Gasteiger partial charge in [0.25, 0.3) is 0 Å². The van der Waals surface area contributed by atoms with Crippen LogP contribution in [0.4, 0.5) is 0 Å². The van der Waals surface area contributed by atoms with Gasteiger partial charge in [-0.15, -0.1) is 0 Å². The maximum Gasteiger partial charge on any atom is 0.308 e. The van der Waals surface area contributed by atoms with E-state index in [1.54, 1.807) is 0 Å². The largest absolute Gasteiger partial charge is 0.456 e. The van der Waals surface area contributed by atoms with Crippen molar-refractivity contribution in [3.05, 3.63) is 12.2 Å². The number of ether oxygens (including phenoxy) is 7. The number of carbonyl (C=O) groups excluding carboxylic acids is 3. The summed E-state index contributed by atoms with van der Waals surface area (Å²) in [6.45, 7) is 5.75. The van der Waals surface area contributed by atoms with Gasteiger partial charge in [-0.25, -0.2) is 0 Å². The molecular weight excluding hydrogens is 568 g/mol. The fourth-order valence-electron chi connectivity index (χ4n) is 4.78. The minimum atomic E-state index is -1.61. The summed E-state index contributed by atoms with van der Waals surface area (Å²) < 4.78 is 38.6. The summed E-state index contributed by atoms with van der Waals surface area (Å²) in [5.41, 5.74) is 0. The number of carbonyl (C=O) groups is 3. The first kappa shape index (κ1) is 37.1. The van der Waals surface area contributed by atoms with Crippen LogP contribution in [0.25, 0.3) is 0 Å². The molecule has 13 heteroatoms. The number of unbranched alkanes of at least 4 members (excludes halogenated alkanes) is 6. The third-order valence-corrected chi connectivity index (χ3v) is 6.91. The van der Waals surface area contributed by atoms with Gasteiger partial charge in [-0.05, 0) is 32.6 Å². The number of aliphatic hydroxyl groups excluding tert-OH is 3. The van der Waals surface area contributed by atoms with E-state index >= 15 is 0 Å². The van der Waals surface area contributed by atoms with Crippen molar-refractivity contribution in [1.29, 1.82) is 0 Å². The molecule has 0 aromatic carbocycles. The summed E-state index contributed by atoms with van der Waals surface area (Å²) in [5, 5.41) is 31.3. The van der Waals surface area contributed by atoms with Gasteiger partial charge >= 0.3 is 17.9 Å². The molecule has 0 aromatic rings. The molecule has 2 aliphatic heterocycles. The maximum absolute atomic E-state index is 12.1. The number of rotatable bonds is 18. The lowest BCUT2D eigenvalue weighted by atomic mass is 10.0. The van der Waals surface area contributed by atoms with Crippen LogP contribution in [-0.2, 0) is 47.5 Å². The van der Waals surface area contributed by atoms with E-state index in [1.807, 2.05) is 0 Å².